The van der Waals surface area contributed by atoms with Crippen molar-refractivity contribution in [3.63, 3.8) is 0 Å². The van der Waals surface area contributed by atoms with Gasteiger partial charge in [0, 0.05) is 17.5 Å². The molecule has 4 aromatic heterocycles. The van der Waals surface area contributed by atoms with Crippen LogP contribution in [0.4, 0.5) is 0 Å². The Kier molecular flexibility index (Phi) is 6.29. The third kappa shape index (κ3) is 4.55. The first kappa shape index (κ1) is 24.2. The van der Waals surface area contributed by atoms with Gasteiger partial charge in [0.2, 0.25) is 4.96 Å². The van der Waals surface area contributed by atoms with E-state index in [9.17, 15) is 5.11 Å². The zero-order valence-electron chi connectivity index (χ0n) is 20.9. The molecule has 4 heterocycles. The quantitative estimate of drug-likeness (QED) is 0.254. The molecule has 37 heavy (non-hydrogen) atoms. The van der Waals surface area contributed by atoms with Gasteiger partial charge in [-0.25, -0.2) is 14.5 Å². The van der Waals surface area contributed by atoms with Gasteiger partial charge in [0.1, 0.15) is 40.0 Å². The zero-order chi connectivity index (χ0) is 25.6. The van der Waals surface area contributed by atoms with Crippen LogP contribution in [0.15, 0.2) is 34.2 Å². The number of hydrogen-bond donors (Lipinski definition) is 1. The van der Waals surface area contributed by atoms with Crippen LogP contribution < -0.4 is 14.2 Å². The number of benzene rings is 1. The molecule has 1 aliphatic rings. The molecule has 0 aliphatic heterocycles. The highest BCUT2D eigenvalue weighted by atomic mass is 32.1. The molecule has 0 saturated heterocycles. The van der Waals surface area contributed by atoms with Crippen LogP contribution in [0.25, 0.3) is 27.4 Å². The summed E-state index contributed by atoms with van der Waals surface area (Å²) < 4.78 is 24.7. The van der Waals surface area contributed by atoms with Crippen LogP contribution in [0.2, 0.25) is 0 Å². The molecule has 194 valence electrons. The van der Waals surface area contributed by atoms with E-state index in [-0.39, 0.29) is 12.5 Å². The van der Waals surface area contributed by atoms with Gasteiger partial charge < -0.3 is 23.7 Å². The highest BCUT2D eigenvalue weighted by Gasteiger charge is 2.37. The summed E-state index contributed by atoms with van der Waals surface area (Å²) in [7, 11) is 3.19. The van der Waals surface area contributed by atoms with Crippen molar-refractivity contribution >= 4 is 38.6 Å². The molecule has 5 aromatic rings. The van der Waals surface area contributed by atoms with Gasteiger partial charge in [-0.05, 0) is 43.1 Å². The van der Waals surface area contributed by atoms with Gasteiger partial charge in [-0.1, -0.05) is 19.3 Å². The Morgan fingerprint density at radius 1 is 1.14 bits per heavy atom. The van der Waals surface area contributed by atoms with Crippen molar-refractivity contribution in [2.24, 2.45) is 5.92 Å². The Bertz CT molecular complexity index is 1510. The first-order valence-electron chi connectivity index (χ1n) is 12.3. The normalized spacial score (nSPS) is 16.3. The minimum atomic E-state index is -0.913. The number of aromatic nitrogens is 4. The second kappa shape index (κ2) is 9.62. The minimum absolute atomic E-state index is 0.248. The topological polar surface area (TPSA) is 104 Å². The van der Waals surface area contributed by atoms with Crippen LogP contribution in [0.3, 0.4) is 0 Å². The van der Waals surface area contributed by atoms with Crippen LogP contribution in [-0.2, 0) is 12.2 Å². The summed E-state index contributed by atoms with van der Waals surface area (Å²) in [5, 5.41) is 19.7. The fourth-order valence-corrected chi connectivity index (χ4v) is 6.57. The molecule has 6 rings (SSSR count). The van der Waals surface area contributed by atoms with Gasteiger partial charge in [0.05, 0.1) is 31.5 Å². The lowest BCUT2D eigenvalue weighted by molar-refractivity contribution is -0.0218. The molecule has 1 fully saturated rings. The zero-order valence-corrected chi connectivity index (χ0v) is 22.5. The largest absolute Gasteiger partial charge is 0.496 e. The number of hydrogen-bond acceptors (Lipinski definition) is 10. The number of fused-ring (bicyclic) bond motifs is 2. The Morgan fingerprint density at radius 3 is 2.73 bits per heavy atom. The lowest BCUT2D eigenvalue weighted by Gasteiger charge is -2.33. The summed E-state index contributed by atoms with van der Waals surface area (Å²) in [6.45, 7) is 2.17. The molecular formula is C26H28N4O5S2. The Labute approximate surface area is 221 Å². The summed E-state index contributed by atoms with van der Waals surface area (Å²) in [4.78, 5) is 10.1. The van der Waals surface area contributed by atoms with Gasteiger partial charge in [0.15, 0.2) is 5.76 Å². The summed E-state index contributed by atoms with van der Waals surface area (Å²) in [5.41, 5.74) is 1.16. The molecule has 9 nitrogen and oxygen atoms in total. The molecule has 1 unspecified atom stereocenters. The number of imidazole rings is 1. The highest BCUT2D eigenvalue weighted by Crippen LogP contribution is 2.41. The van der Waals surface area contributed by atoms with E-state index in [4.69, 9.17) is 23.6 Å². The second-order valence-corrected chi connectivity index (χ2v) is 11.3. The lowest BCUT2D eigenvalue weighted by Crippen LogP contribution is -2.33. The van der Waals surface area contributed by atoms with Crippen molar-refractivity contribution in [3.05, 3.63) is 40.5 Å². The molecule has 11 heteroatoms. The van der Waals surface area contributed by atoms with E-state index in [1.165, 1.54) is 41.9 Å². The molecule has 0 spiro atoms. The maximum atomic E-state index is 11.3. The molecule has 0 radical (unpaired) electrons. The second-order valence-electron chi connectivity index (χ2n) is 9.49. The average Bonchev–Trinajstić information content (AvgIpc) is 3.69. The summed E-state index contributed by atoms with van der Waals surface area (Å²) in [5.74, 6) is 2.10. The molecule has 1 atom stereocenters. The number of furan rings is 1. The van der Waals surface area contributed by atoms with Gasteiger partial charge in [-0.15, -0.1) is 16.4 Å². The first-order valence-corrected chi connectivity index (χ1v) is 14.0. The number of nitrogens with zero attached hydrogens (tertiary/aromatic N) is 4. The monoisotopic (exact) mass is 540 g/mol. The number of ether oxygens (including phenoxy) is 3. The van der Waals surface area contributed by atoms with Crippen LogP contribution in [0.1, 0.15) is 49.7 Å². The highest BCUT2D eigenvalue weighted by molar-refractivity contribution is 7.18. The van der Waals surface area contributed by atoms with Gasteiger partial charge >= 0.3 is 0 Å². The standard InChI is InChI=1S/C26H28N4O5S2/c1-26(31,15-7-5-4-6-8-15)23-27-16(14-36-23)13-34-20-9-17(32-2)10-21-18(20)11-22(35-21)19-12-30-24(28-19)37-25(29-30)33-3/h9-12,14-15,31H,4-8,13H2,1-3H3. The Balaban J connectivity index is 1.25. The van der Waals surface area contributed by atoms with Crippen molar-refractivity contribution in [1.82, 2.24) is 19.6 Å². The summed E-state index contributed by atoms with van der Waals surface area (Å²) in [6.07, 6.45) is 7.48. The maximum absolute atomic E-state index is 11.3. The minimum Gasteiger partial charge on any atom is -0.496 e. The van der Waals surface area contributed by atoms with Crippen LogP contribution in [0, 0.1) is 5.92 Å². The maximum Gasteiger partial charge on any atom is 0.294 e. The average molecular weight is 541 g/mol. The van der Waals surface area contributed by atoms with Crippen molar-refractivity contribution < 1.29 is 23.7 Å². The summed E-state index contributed by atoms with van der Waals surface area (Å²) in [6, 6.07) is 5.58. The van der Waals surface area contributed by atoms with E-state index in [1.54, 1.807) is 24.9 Å². The SMILES string of the molecule is COc1cc(OCc2csc(C(C)(O)C3CCCCC3)n2)c2cc(-c3cn4nc(OC)sc4n3)oc2c1. The Morgan fingerprint density at radius 2 is 1.97 bits per heavy atom. The molecule has 1 aliphatic carbocycles. The van der Waals surface area contributed by atoms with E-state index in [2.05, 4.69) is 10.1 Å². The van der Waals surface area contributed by atoms with Crippen LogP contribution in [-0.4, -0.2) is 38.9 Å². The number of rotatable bonds is 8. The van der Waals surface area contributed by atoms with Crippen LogP contribution >= 0.6 is 22.7 Å². The predicted molar refractivity (Wildman–Crippen MR) is 142 cm³/mol. The molecule has 1 N–H and O–H groups in total. The van der Waals surface area contributed by atoms with E-state index in [0.717, 1.165) is 28.9 Å². The molecule has 1 aromatic carbocycles. The third-order valence-corrected chi connectivity index (χ3v) is 9.02. The lowest BCUT2D eigenvalue weighted by atomic mass is 9.78. The molecule has 0 bridgehead atoms. The van der Waals surface area contributed by atoms with E-state index < -0.39 is 5.60 Å². The number of thiazole rings is 1. The van der Waals surface area contributed by atoms with E-state index in [1.807, 2.05) is 30.5 Å². The summed E-state index contributed by atoms with van der Waals surface area (Å²) >= 11 is 2.85. The van der Waals surface area contributed by atoms with Crippen LogP contribution in [0.5, 0.6) is 16.7 Å². The van der Waals surface area contributed by atoms with Crippen molar-refractivity contribution in [3.8, 4) is 28.1 Å². The molecular weight excluding hydrogens is 512 g/mol. The van der Waals surface area contributed by atoms with Crippen molar-refractivity contribution in [1.29, 1.82) is 0 Å². The van der Waals surface area contributed by atoms with Crippen molar-refractivity contribution in [2.45, 2.75) is 51.2 Å². The number of aliphatic hydroxyl groups is 1. The van der Waals surface area contributed by atoms with Gasteiger partial charge in [0.25, 0.3) is 5.19 Å². The van der Waals surface area contributed by atoms with Gasteiger partial charge in [-0.2, -0.15) is 0 Å². The fourth-order valence-electron chi connectivity index (χ4n) is 4.93. The fraction of sp³-hybridized carbons (Fsp3) is 0.423. The van der Waals surface area contributed by atoms with E-state index in [0.29, 0.717) is 38.7 Å². The number of methoxy groups -OCH3 is 2. The smallest absolute Gasteiger partial charge is 0.294 e. The third-order valence-electron chi connectivity index (χ3n) is 7.02. The van der Waals surface area contributed by atoms with Crippen molar-refractivity contribution in [2.75, 3.05) is 14.2 Å². The van der Waals surface area contributed by atoms with E-state index >= 15 is 0 Å². The molecule has 0 amide bonds. The Hall–Kier alpha value is -3.15. The predicted octanol–water partition coefficient (Wildman–Crippen LogP) is 6.04. The molecule has 1 saturated carbocycles. The first-order chi connectivity index (χ1) is 17.9. The van der Waals surface area contributed by atoms with Gasteiger partial charge in [-0.3, -0.25) is 0 Å².